The molecule has 0 unspecified atom stereocenters. The number of aliphatic imine (C=N–C) groups is 1. The van der Waals surface area contributed by atoms with Gasteiger partial charge < -0.3 is 15.0 Å². The molecule has 0 aromatic heterocycles. The molecule has 1 N–H and O–H groups in total. The van der Waals surface area contributed by atoms with Crippen molar-refractivity contribution in [2.24, 2.45) is 10.9 Å². The van der Waals surface area contributed by atoms with Gasteiger partial charge in [-0.2, -0.15) is 0 Å². The van der Waals surface area contributed by atoms with Crippen LogP contribution in [0.5, 0.6) is 5.75 Å². The molecular weight excluding hydrogens is 262 g/mol. The van der Waals surface area contributed by atoms with Gasteiger partial charge in [-0.25, -0.2) is 0 Å². The van der Waals surface area contributed by atoms with Gasteiger partial charge in [-0.1, -0.05) is 25.1 Å². The average molecular weight is 289 g/mol. The molecule has 1 heterocycles. The van der Waals surface area contributed by atoms with Crippen molar-refractivity contribution in [3.63, 3.8) is 0 Å². The quantitative estimate of drug-likeness (QED) is 0.526. The number of aryl methyl sites for hydroxylation is 1. The van der Waals surface area contributed by atoms with Crippen LogP contribution >= 0.6 is 0 Å². The van der Waals surface area contributed by atoms with Gasteiger partial charge >= 0.3 is 0 Å². The summed E-state index contributed by atoms with van der Waals surface area (Å²) in [6.07, 6.45) is 2.50. The van der Waals surface area contributed by atoms with E-state index in [0.29, 0.717) is 6.61 Å². The number of piperidine rings is 1. The molecule has 1 aromatic rings. The molecule has 1 aliphatic heterocycles. The first-order valence-electron chi connectivity index (χ1n) is 7.84. The van der Waals surface area contributed by atoms with Crippen molar-refractivity contribution in [1.82, 2.24) is 10.2 Å². The van der Waals surface area contributed by atoms with Gasteiger partial charge in [0.2, 0.25) is 0 Å². The number of rotatable bonds is 4. The van der Waals surface area contributed by atoms with Gasteiger partial charge in [0.15, 0.2) is 5.96 Å². The van der Waals surface area contributed by atoms with Crippen LogP contribution in [0.15, 0.2) is 29.3 Å². The maximum Gasteiger partial charge on any atom is 0.193 e. The Morgan fingerprint density at radius 2 is 2.05 bits per heavy atom. The molecule has 116 valence electrons. The zero-order valence-electron chi connectivity index (χ0n) is 13.4. The van der Waals surface area contributed by atoms with Crippen LogP contribution in [0.2, 0.25) is 0 Å². The number of hydrogen-bond acceptors (Lipinski definition) is 2. The molecule has 1 saturated heterocycles. The van der Waals surface area contributed by atoms with E-state index in [9.17, 15) is 0 Å². The van der Waals surface area contributed by atoms with Crippen molar-refractivity contribution in [3.8, 4) is 5.75 Å². The minimum Gasteiger partial charge on any atom is -0.491 e. The number of ether oxygens (including phenoxy) is 1. The zero-order chi connectivity index (χ0) is 15.1. The summed E-state index contributed by atoms with van der Waals surface area (Å²) in [5, 5.41) is 3.39. The minimum atomic E-state index is 0.647. The zero-order valence-corrected chi connectivity index (χ0v) is 13.4. The second kappa shape index (κ2) is 7.91. The van der Waals surface area contributed by atoms with Crippen LogP contribution < -0.4 is 10.1 Å². The summed E-state index contributed by atoms with van der Waals surface area (Å²) >= 11 is 0. The highest BCUT2D eigenvalue weighted by Crippen LogP contribution is 2.16. The first-order valence-corrected chi connectivity index (χ1v) is 7.84. The lowest BCUT2D eigenvalue weighted by Crippen LogP contribution is -2.46. The molecule has 1 fully saturated rings. The minimum absolute atomic E-state index is 0.647. The molecule has 0 saturated carbocycles. The monoisotopic (exact) mass is 289 g/mol. The SMILES string of the molecule is CN=C(NCCOc1ccccc1C)N1CCC(C)CC1. The fourth-order valence-corrected chi connectivity index (χ4v) is 2.59. The molecule has 1 aromatic carbocycles. The molecule has 0 bridgehead atoms. The highest BCUT2D eigenvalue weighted by Gasteiger charge is 2.18. The lowest BCUT2D eigenvalue weighted by Gasteiger charge is -2.32. The molecule has 2 rings (SSSR count). The number of nitrogens with zero attached hydrogens (tertiary/aromatic N) is 2. The molecule has 0 spiro atoms. The molecule has 4 nitrogen and oxygen atoms in total. The molecule has 21 heavy (non-hydrogen) atoms. The maximum absolute atomic E-state index is 5.80. The van der Waals surface area contributed by atoms with Crippen LogP contribution in [-0.2, 0) is 0 Å². The normalized spacial score (nSPS) is 16.9. The Hall–Kier alpha value is -1.71. The van der Waals surface area contributed by atoms with Crippen LogP contribution in [0.3, 0.4) is 0 Å². The number of para-hydroxylation sites is 1. The molecule has 1 aliphatic rings. The van der Waals surface area contributed by atoms with Crippen LogP contribution in [0.1, 0.15) is 25.3 Å². The second-order valence-electron chi connectivity index (χ2n) is 5.76. The highest BCUT2D eigenvalue weighted by atomic mass is 16.5. The summed E-state index contributed by atoms with van der Waals surface area (Å²) in [7, 11) is 1.85. The predicted octanol–water partition coefficient (Wildman–Crippen LogP) is 2.68. The lowest BCUT2D eigenvalue weighted by atomic mass is 10.00. The van der Waals surface area contributed by atoms with Gasteiger partial charge in [0.25, 0.3) is 0 Å². The van der Waals surface area contributed by atoms with E-state index in [1.54, 1.807) is 0 Å². The van der Waals surface area contributed by atoms with Crippen molar-refractivity contribution >= 4 is 5.96 Å². The highest BCUT2D eigenvalue weighted by molar-refractivity contribution is 5.79. The van der Waals surface area contributed by atoms with Crippen molar-refractivity contribution in [3.05, 3.63) is 29.8 Å². The molecule has 0 amide bonds. The van der Waals surface area contributed by atoms with Crippen LogP contribution in [0.25, 0.3) is 0 Å². The number of likely N-dealkylation sites (tertiary alicyclic amines) is 1. The van der Waals surface area contributed by atoms with Gasteiger partial charge in [0, 0.05) is 20.1 Å². The molecule has 0 atom stereocenters. The Labute approximate surface area is 128 Å². The molecular formula is C17H27N3O. The Morgan fingerprint density at radius 3 is 2.71 bits per heavy atom. The third kappa shape index (κ3) is 4.66. The van der Waals surface area contributed by atoms with E-state index in [1.807, 2.05) is 25.2 Å². The van der Waals surface area contributed by atoms with E-state index in [1.165, 1.54) is 18.4 Å². The van der Waals surface area contributed by atoms with E-state index < -0.39 is 0 Å². The fourth-order valence-electron chi connectivity index (χ4n) is 2.59. The summed E-state index contributed by atoms with van der Waals surface area (Å²) in [5.41, 5.74) is 1.17. The fraction of sp³-hybridized carbons (Fsp3) is 0.588. The van der Waals surface area contributed by atoms with Gasteiger partial charge in [-0.05, 0) is 37.3 Å². The second-order valence-corrected chi connectivity index (χ2v) is 5.76. The van der Waals surface area contributed by atoms with E-state index in [0.717, 1.165) is 37.3 Å². The third-order valence-electron chi connectivity index (χ3n) is 4.03. The number of nitrogens with one attached hydrogen (secondary N) is 1. The average Bonchev–Trinajstić information content (AvgIpc) is 2.50. The largest absolute Gasteiger partial charge is 0.491 e. The summed E-state index contributed by atoms with van der Waals surface area (Å²) in [6, 6.07) is 8.11. The standard InChI is InChI=1S/C17H27N3O/c1-14-8-11-20(12-9-14)17(18-3)19-10-13-21-16-7-5-4-6-15(16)2/h4-7,14H,8-13H2,1-3H3,(H,18,19). The predicted molar refractivity (Wildman–Crippen MR) is 88.0 cm³/mol. The van der Waals surface area contributed by atoms with Gasteiger partial charge in [0.1, 0.15) is 12.4 Å². The maximum atomic E-state index is 5.80. The Balaban J connectivity index is 1.73. The van der Waals surface area contributed by atoms with E-state index >= 15 is 0 Å². The first kappa shape index (κ1) is 15.7. The van der Waals surface area contributed by atoms with E-state index in [2.05, 4.69) is 35.1 Å². The topological polar surface area (TPSA) is 36.9 Å². The third-order valence-corrected chi connectivity index (χ3v) is 4.03. The number of hydrogen-bond donors (Lipinski definition) is 1. The Kier molecular flexibility index (Phi) is 5.90. The summed E-state index contributed by atoms with van der Waals surface area (Å²) in [6.45, 7) is 8.00. The summed E-state index contributed by atoms with van der Waals surface area (Å²) in [5.74, 6) is 2.79. The van der Waals surface area contributed by atoms with Crippen molar-refractivity contribution in [2.75, 3.05) is 33.3 Å². The van der Waals surface area contributed by atoms with Gasteiger partial charge in [-0.3, -0.25) is 4.99 Å². The van der Waals surface area contributed by atoms with Gasteiger partial charge in [0.05, 0.1) is 6.54 Å². The first-order chi connectivity index (χ1) is 10.2. The number of guanidine groups is 1. The summed E-state index contributed by atoms with van der Waals surface area (Å²) < 4.78 is 5.80. The van der Waals surface area contributed by atoms with E-state index in [-0.39, 0.29) is 0 Å². The Bertz CT molecular complexity index is 465. The van der Waals surface area contributed by atoms with Crippen molar-refractivity contribution in [1.29, 1.82) is 0 Å². The lowest BCUT2D eigenvalue weighted by molar-refractivity contribution is 0.269. The van der Waals surface area contributed by atoms with E-state index in [4.69, 9.17) is 4.74 Å². The molecule has 4 heteroatoms. The molecule has 0 radical (unpaired) electrons. The number of benzene rings is 1. The smallest absolute Gasteiger partial charge is 0.193 e. The van der Waals surface area contributed by atoms with Crippen LogP contribution in [0, 0.1) is 12.8 Å². The van der Waals surface area contributed by atoms with Crippen molar-refractivity contribution in [2.45, 2.75) is 26.7 Å². The van der Waals surface area contributed by atoms with Gasteiger partial charge in [-0.15, -0.1) is 0 Å². The van der Waals surface area contributed by atoms with Crippen LogP contribution in [0.4, 0.5) is 0 Å². The van der Waals surface area contributed by atoms with Crippen LogP contribution in [-0.4, -0.2) is 44.1 Å². The Morgan fingerprint density at radius 1 is 1.33 bits per heavy atom. The molecule has 0 aliphatic carbocycles. The summed E-state index contributed by atoms with van der Waals surface area (Å²) in [4.78, 5) is 6.72. The van der Waals surface area contributed by atoms with Crippen molar-refractivity contribution < 1.29 is 4.74 Å².